The van der Waals surface area contributed by atoms with Gasteiger partial charge >= 0.3 is 5.97 Å². The minimum absolute atomic E-state index is 0.0152. The molecule has 2 aromatic carbocycles. The van der Waals surface area contributed by atoms with Crippen LogP contribution in [0.5, 0.6) is 5.75 Å². The molecule has 9 heteroatoms. The number of rotatable bonds is 5. The van der Waals surface area contributed by atoms with E-state index in [1.807, 2.05) is 0 Å². The number of carbonyl (C=O) groups excluding carboxylic acids is 1. The maximum Gasteiger partial charge on any atom is 0.313 e. The minimum atomic E-state index is -0.481. The zero-order valence-electron chi connectivity index (χ0n) is 14.9. The van der Waals surface area contributed by atoms with Gasteiger partial charge in [-0.05, 0) is 36.4 Å². The lowest BCUT2D eigenvalue weighted by molar-refractivity contribution is -0.134. The summed E-state index contributed by atoms with van der Waals surface area (Å²) in [6.07, 6.45) is -0.0152. The molecule has 0 unspecified atom stereocenters. The molecule has 140 valence electrons. The predicted molar refractivity (Wildman–Crippen MR) is 98.5 cm³/mol. The Balaban J connectivity index is 1.39. The number of aromatic nitrogens is 5. The standard InChI is InChI=1S/C19H15N5O4/c1-12-20-18(22-28-12)13-6-8-14(9-7-13)27-17(25)10-11-24-19(26)15-4-2-3-5-16(15)21-23-24/h2-9H,10-11H2,1H3. The van der Waals surface area contributed by atoms with E-state index in [1.54, 1.807) is 55.5 Å². The molecule has 0 atom stereocenters. The zero-order chi connectivity index (χ0) is 19.5. The second-order valence-electron chi connectivity index (χ2n) is 6.02. The number of hydrogen-bond donors (Lipinski definition) is 0. The molecule has 9 nitrogen and oxygen atoms in total. The minimum Gasteiger partial charge on any atom is -0.426 e. The van der Waals surface area contributed by atoms with Crippen molar-refractivity contribution in [3.63, 3.8) is 0 Å². The highest BCUT2D eigenvalue weighted by atomic mass is 16.5. The van der Waals surface area contributed by atoms with Gasteiger partial charge in [0.1, 0.15) is 11.3 Å². The summed E-state index contributed by atoms with van der Waals surface area (Å²) in [5.41, 5.74) is 0.969. The fourth-order valence-corrected chi connectivity index (χ4v) is 2.64. The van der Waals surface area contributed by atoms with Gasteiger partial charge in [0.25, 0.3) is 5.56 Å². The smallest absolute Gasteiger partial charge is 0.313 e. The van der Waals surface area contributed by atoms with Crippen molar-refractivity contribution in [3.8, 4) is 17.1 Å². The molecular formula is C19H15N5O4. The van der Waals surface area contributed by atoms with E-state index in [0.29, 0.717) is 28.4 Å². The first-order chi connectivity index (χ1) is 13.6. The summed E-state index contributed by atoms with van der Waals surface area (Å²) in [5, 5.41) is 12.1. The van der Waals surface area contributed by atoms with Crippen molar-refractivity contribution in [3.05, 3.63) is 64.8 Å². The van der Waals surface area contributed by atoms with Gasteiger partial charge in [-0.3, -0.25) is 9.59 Å². The van der Waals surface area contributed by atoms with Crippen molar-refractivity contribution in [2.24, 2.45) is 0 Å². The summed E-state index contributed by atoms with van der Waals surface area (Å²) < 4.78 is 11.4. The Kier molecular flexibility index (Phi) is 4.63. The van der Waals surface area contributed by atoms with Crippen LogP contribution in [0.15, 0.2) is 57.8 Å². The number of benzene rings is 2. The van der Waals surface area contributed by atoms with E-state index in [4.69, 9.17) is 9.26 Å². The predicted octanol–water partition coefficient (Wildman–Crippen LogP) is 2.15. The molecule has 0 spiro atoms. The number of hydrogen-bond acceptors (Lipinski definition) is 8. The Labute approximate surface area is 158 Å². The van der Waals surface area contributed by atoms with Crippen LogP contribution >= 0.6 is 0 Å². The number of nitrogens with zero attached hydrogens (tertiary/aromatic N) is 5. The Morgan fingerprint density at radius 3 is 2.68 bits per heavy atom. The normalized spacial score (nSPS) is 10.9. The molecule has 0 N–H and O–H groups in total. The summed E-state index contributed by atoms with van der Waals surface area (Å²) in [5.74, 6) is 0.832. The third kappa shape index (κ3) is 3.63. The molecule has 0 amide bonds. The summed E-state index contributed by atoms with van der Waals surface area (Å²) in [4.78, 5) is 28.6. The highest BCUT2D eigenvalue weighted by molar-refractivity contribution is 5.76. The second-order valence-corrected chi connectivity index (χ2v) is 6.02. The topological polar surface area (TPSA) is 113 Å². The van der Waals surface area contributed by atoms with Crippen LogP contribution in [0.25, 0.3) is 22.3 Å². The zero-order valence-corrected chi connectivity index (χ0v) is 14.9. The van der Waals surface area contributed by atoms with Gasteiger partial charge in [-0.2, -0.15) is 4.98 Å². The van der Waals surface area contributed by atoms with Gasteiger partial charge in [-0.25, -0.2) is 4.68 Å². The van der Waals surface area contributed by atoms with Gasteiger partial charge in [0.2, 0.25) is 11.7 Å². The van der Waals surface area contributed by atoms with Gasteiger partial charge in [-0.15, -0.1) is 5.10 Å². The fourth-order valence-electron chi connectivity index (χ4n) is 2.64. The lowest BCUT2D eigenvalue weighted by atomic mass is 10.2. The van der Waals surface area contributed by atoms with E-state index >= 15 is 0 Å². The number of aryl methyl sites for hydroxylation is 2. The van der Waals surface area contributed by atoms with Crippen LogP contribution in [0, 0.1) is 6.92 Å². The van der Waals surface area contributed by atoms with E-state index in [2.05, 4.69) is 20.5 Å². The van der Waals surface area contributed by atoms with Crippen LogP contribution < -0.4 is 10.3 Å². The van der Waals surface area contributed by atoms with E-state index < -0.39 is 5.97 Å². The summed E-state index contributed by atoms with van der Waals surface area (Å²) in [7, 11) is 0. The highest BCUT2D eigenvalue weighted by Crippen LogP contribution is 2.20. The molecule has 28 heavy (non-hydrogen) atoms. The quantitative estimate of drug-likeness (QED) is 0.384. The highest BCUT2D eigenvalue weighted by Gasteiger charge is 2.10. The van der Waals surface area contributed by atoms with Crippen LogP contribution in [0.1, 0.15) is 12.3 Å². The van der Waals surface area contributed by atoms with Gasteiger partial charge in [0.05, 0.1) is 18.4 Å². The van der Waals surface area contributed by atoms with Gasteiger partial charge in [-0.1, -0.05) is 22.5 Å². The molecule has 2 aromatic heterocycles. The maximum absolute atomic E-state index is 12.4. The fraction of sp³-hybridized carbons (Fsp3) is 0.158. The van der Waals surface area contributed by atoms with Crippen LogP contribution in [0.3, 0.4) is 0 Å². The first-order valence-corrected chi connectivity index (χ1v) is 8.54. The molecule has 0 aliphatic heterocycles. The maximum atomic E-state index is 12.4. The summed E-state index contributed by atoms with van der Waals surface area (Å²) in [6, 6.07) is 13.7. The van der Waals surface area contributed by atoms with Gasteiger partial charge in [0, 0.05) is 12.5 Å². The summed E-state index contributed by atoms with van der Waals surface area (Å²) in [6.45, 7) is 1.79. The van der Waals surface area contributed by atoms with Crippen molar-refractivity contribution >= 4 is 16.9 Å². The molecule has 2 heterocycles. The van der Waals surface area contributed by atoms with E-state index in [1.165, 1.54) is 0 Å². The van der Waals surface area contributed by atoms with Crippen molar-refractivity contribution < 1.29 is 14.1 Å². The van der Waals surface area contributed by atoms with E-state index in [0.717, 1.165) is 10.2 Å². The van der Waals surface area contributed by atoms with E-state index in [9.17, 15) is 9.59 Å². The van der Waals surface area contributed by atoms with E-state index in [-0.39, 0.29) is 18.5 Å². The molecule has 0 aliphatic rings. The molecule has 0 fully saturated rings. The number of carbonyl (C=O) groups is 1. The summed E-state index contributed by atoms with van der Waals surface area (Å²) >= 11 is 0. The number of esters is 1. The average Bonchev–Trinajstić information content (AvgIpc) is 3.14. The third-order valence-corrected chi connectivity index (χ3v) is 4.03. The molecule has 0 aliphatic carbocycles. The van der Waals surface area contributed by atoms with Gasteiger partial charge in [0.15, 0.2) is 0 Å². The van der Waals surface area contributed by atoms with Crippen molar-refractivity contribution in [2.75, 3.05) is 0 Å². The number of fused-ring (bicyclic) bond motifs is 1. The monoisotopic (exact) mass is 377 g/mol. The molecular weight excluding hydrogens is 362 g/mol. The Bertz CT molecular complexity index is 1200. The van der Waals surface area contributed by atoms with Crippen LogP contribution in [0.2, 0.25) is 0 Å². The first-order valence-electron chi connectivity index (χ1n) is 8.54. The van der Waals surface area contributed by atoms with Crippen molar-refractivity contribution in [1.29, 1.82) is 0 Å². The van der Waals surface area contributed by atoms with Gasteiger partial charge < -0.3 is 9.26 Å². The first kappa shape index (κ1) is 17.5. The molecule has 4 aromatic rings. The Morgan fingerprint density at radius 1 is 1.14 bits per heavy atom. The van der Waals surface area contributed by atoms with Crippen LogP contribution in [-0.2, 0) is 11.3 Å². The molecule has 0 bridgehead atoms. The lowest BCUT2D eigenvalue weighted by Crippen LogP contribution is -2.26. The molecule has 0 saturated carbocycles. The van der Waals surface area contributed by atoms with Crippen LogP contribution in [0.4, 0.5) is 0 Å². The molecule has 0 radical (unpaired) electrons. The SMILES string of the molecule is Cc1nc(-c2ccc(OC(=O)CCn3nnc4ccccc4c3=O)cc2)no1. The van der Waals surface area contributed by atoms with Crippen LogP contribution in [-0.4, -0.2) is 31.1 Å². The molecule has 0 saturated heterocycles. The lowest BCUT2D eigenvalue weighted by Gasteiger charge is -2.06. The molecule has 4 rings (SSSR count). The van der Waals surface area contributed by atoms with Crippen molar-refractivity contribution in [1.82, 2.24) is 25.1 Å². The van der Waals surface area contributed by atoms with Crippen molar-refractivity contribution in [2.45, 2.75) is 19.9 Å². The second kappa shape index (κ2) is 7.39. The largest absolute Gasteiger partial charge is 0.426 e. The Hall–Kier alpha value is -3.88. The average molecular weight is 377 g/mol. The Morgan fingerprint density at radius 2 is 1.93 bits per heavy atom. The third-order valence-electron chi connectivity index (χ3n) is 4.03. The number of ether oxygens (including phenoxy) is 1.